The summed E-state index contributed by atoms with van der Waals surface area (Å²) in [6.07, 6.45) is 2.37. The van der Waals surface area contributed by atoms with Gasteiger partial charge in [-0.15, -0.1) is 0 Å². The molecular formula is C30H26FN5O3. The van der Waals surface area contributed by atoms with E-state index in [4.69, 9.17) is 6.57 Å². The Labute approximate surface area is 224 Å². The first-order valence-corrected chi connectivity index (χ1v) is 12.6. The predicted molar refractivity (Wildman–Crippen MR) is 145 cm³/mol. The normalized spacial score (nSPS) is 13.5. The number of anilines is 1. The van der Waals surface area contributed by atoms with Crippen LogP contribution >= 0.6 is 0 Å². The van der Waals surface area contributed by atoms with Crippen LogP contribution in [0.5, 0.6) is 0 Å². The molecule has 1 heterocycles. The van der Waals surface area contributed by atoms with Gasteiger partial charge in [0.25, 0.3) is 5.91 Å². The molecule has 9 heteroatoms. The number of carbonyl (C=O) groups excluding carboxylic acids is 2. The zero-order valence-electron chi connectivity index (χ0n) is 21.0. The van der Waals surface area contributed by atoms with Gasteiger partial charge in [0.05, 0.1) is 24.0 Å². The van der Waals surface area contributed by atoms with E-state index in [1.807, 2.05) is 30.3 Å². The molecule has 0 aliphatic heterocycles. The van der Waals surface area contributed by atoms with Crippen LogP contribution in [0.25, 0.3) is 10.5 Å². The van der Waals surface area contributed by atoms with Crippen molar-refractivity contribution in [3.05, 3.63) is 119 Å². The maximum absolute atomic E-state index is 15.0. The molecule has 39 heavy (non-hydrogen) atoms. The molecule has 1 fully saturated rings. The summed E-state index contributed by atoms with van der Waals surface area (Å²) < 4.78 is 16.2. The van der Waals surface area contributed by atoms with E-state index in [9.17, 15) is 19.1 Å². The first kappa shape index (κ1) is 26.0. The molecule has 3 aromatic carbocycles. The van der Waals surface area contributed by atoms with Gasteiger partial charge in [-0.05, 0) is 60.7 Å². The second kappa shape index (κ2) is 11.4. The van der Waals surface area contributed by atoms with Crippen molar-refractivity contribution in [2.75, 3.05) is 18.5 Å². The van der Waals surface area contributed by atoms with Gasteiger partial charge in [-0.1, -0.05) is 48.5 Å². The molecule has 4 aromatic rings. The highest BCUT2D eigenvalue weighted by atomic mass is 19.1. The average molecular weight is 524 g/mol. The van der Waals surface area contributed by atoms with Crippen molar-refractivity contribution >= 4 is 23.1 Å². The summed E-state index contributed by atoms with van der Waals surface area (Å²) in [4.78, 5) is 29.0. The molecular weight excluding hydrogens is 497 g/mol. The van der Waals surface area contributed by atoms with Crippen LogP contribution in [0.4, 0.5) is 15.8 Å². The molecule has 1 atom stereocenters. The molecule has 1 unspecified atom stereocenters. The fourth-order valence-corrected chi connectivity index (χ4v) is 4.34. The Morgan fingerprint density at radius 1 is 1.05 bits per heavy atom. The number of hydrogen-bond acceptors (Lipinski definition) is 5. The number of aromatic nitrogens is 2. The highest BCUT2D eigenvalue weighted by Crippen LogP contribution is 2.31. The maximum atomic E-state index is 15.0. The van der Waals surface area contributed by atoms with E-state index in [-0.39, 0.29) is 23.1 Å². The number of Topliss-reactive ketones (excluding diaryl/α,β-unsaturated/α-hetero) is 1. The monoisotopic (exact) mass is 523 g/mol. The molecule has 8 nitrogen and oxygen atoms in total. The molecule has 0 spiro atoms. The quantitative estimate of drug-likeness (QED) is 0.199. The number of amides is 1. The van der Waals surface area contributed by atoms with Crippen molar-refractivity contribution in [1.29, 1.82) is 0 Å². The lowest BCUT2D eigenvalue weighted by molar-refractivity contribution is 0.0898. The molecule has 1 amide bonds. The fraction of sp³-hybridized carbons (Fsp3) is 0.200. The Balaban J connectivity index is 1.48. The van der Waals surface area contributed by atoms with Gasteiger partial charge in [-0.25, -0.2) is 13.9 Å². The average Bonchev–Trinajstić information content (AvgIpc) is 3.69. The number of halogens is 1. The topological polar surface area (TPSA) is 101 Å². The van der Waals surface area contributed by atoms with Gasteiger partial charge in [0.2, 0.25) is 5.78 Å². The minimum Gasteiger partial charge on any atom is -0.388 e. The zero-order chi connectivity index (χ0) is 27.4. The van der Waals surface area contributed by atoms with Crippen LogP contribution < -0.4 is 10.6 Å². The molecule has 5 rings (SSSR count). The molecule has 1 aromatic heterocycles. The van der Waals surface area contributed by atoms with Crippen molar-refractivity contribution in [2.24, 2.45) is 5.92 Å². The molecule has 0 bridgehead atoms. The minimum atomic E-state index is -0.786. The summed E-state index contributed by atoms with van der Waals surface area (Å²) in [6.45, 7) is 7.32. The number of ketones is 1. The number of nitrogens with zero attached hydrogens (tertiary/aromatic N) is 3. The predicted octanol–water partition coefficient (Wildman–Crippen LogP) is 5.08. The zero-order valence-corrected chi connectivity index (χ0v) is 21.0. The summed E-state index contributed by atoms with van der Waals surface area (Å²) >= 11 is 0. The third-order valence-corrected chi connectivity index (χ3v) is 6.59. The van der Waals surface area contributed by atoms with Crippen LogP contribution in [0, 0.1) is 18.3 Å². The summed E-state index contributed by atoms with van der Waals surface area (Å²) in [6, 6.07) is 21.9. The number of aliphatic hydroxyl groups is 1. The molecule has 0 radical (unpaired) electrons. The van der Waals surface area contributed by atoms with Gasteiger partial charge in [0.15, 0.2) is 5.69 Å². The smallest absolute Gasteiger partial charge is 0.274 e. The van der Waals surface area contributed by atoms with Crippen molar-refractivity contribution in [3.63, 3.8) is 0 Å². The lowest BCUT2D eigenvalue weighted by Crippen LogP contribution is -2.25. The van der Waals surface area contributed by atoms with Gasteiger partial charge in [0.1, 0.15) is 23.8 Å². The van der Waals surface area contributed by atoms with E-state index in [2.05, 4.69) is 20.6 Å². The minimum absolute atomic E-state index is 0.0238. The highest BCUT2D eigenvalue weighted by Gasteiger charge is 2.25. The third kappa shape index (κ3) is 5.93. The second-order valence-corrected chi connectivity index (χ2v) is 9.43. The fourth-order valence-electron chi connectivity index (χ4n) is 4.34. The van der Waals surface area contributed by atoms with E-state index < -0.39 is 24.1 Å². The van der Waals surface area contributed by atoms with Gasteiger partial charge < -0.3 is 15.7 Å². The number of aliphatic hydroxyl groups excluding tert-OH is 1. The van der Waals surface area contributed by atoms with Crippen molar-refractivity contribution in [1.82, 2.24) is 15.1 Å². The number of benzene rings is 3. The third-order valence-electron chi connectivity index (χ3n) is 6.59. The van der Waals surface area contributed by atoms with E-state index in [1.54, 1.807) is 30.3 Å². The van der Waals surface area contributed by atoms with Crippen LogP contribution in [-0.4, -0.2) is 39.7 Å². The standard InChI is InChI=1S/C30H26FN5O3/c1-32-22-8-5-9-23(15-22)36-27(16-26(35-36)28(38)18-37)30(39)34-25-14-21(12-13-24(25)31)29(33-17-19-10-11-19)20-6-3-2-4-7-20/h2-9,12-16,19,29,33,37H,10-11,17-18H2,(H,34,39). The maximum Gasteiger partial charge on any atom is 0.274 e. The molecule has 196 valence electrons. The Kier molecular flexibility index (Phi) is 7.59. The van der Waals surface area contributed by atoms with E-state index in [0.717, 1.165) is 17.7 Å². The molecule has 0 saturated heterocycles. The summed E-state index contributed by atoms with van der Waals surface area (Å²) in [7, 11) is 0. The van der Waals surface area contributed by atoms with Crippen LogP contribution in [0.1, 0.15) is 51.0 Å². The molecule has 1 aliphatic carbocycles. The van der Waals surface area contributed by atoms with Crippen molar-refractivity contribution in [2.45, 2.75) is 18.9 Å². The SMILES string of the molecule is [C-]#[N+]c1cccc(-n2nc(C(=O)CO)cc2C(=O)Nc2cc(C(NCC3CC3)c3ccccc3)ccc2F)c1. The first-order valence-electron chi connectivity index (χ1n) is 12.6. The summed E-state index contributed by atoms with van der Waals surface area (Å²) in [5.41, 5.74) is 2.29. The van der Waals surface area contributed by atoms with Crippen LogP contribution in [0.3, 0.4) is 0 Å². The van der Waals surface area contributed by atoms with Gasteiger partial charge in [-0.3, -0.25) is 9.59 Å². The van der Waals surface area contributed by atoms with Crippen LogP contribution in [0.15, 0.2) is 78.9 Å². The van der Waals surface area contributed by atoms with Gasteiger partial charge in [0, 0.05) is 6.07 Å². The summed E-state index contributed by atoms with van der Waals surface area (Å²) in [5, 5.41) is 19.7. The van der Waals surface area contributed by atoms with E-state index in [0.29, 0.717) is 17.3 Å². The van der Waals surface area contributed by atoms with Crippen molar-refractivity contribution < 1.29 is 19.1 Å². The number of hydrogen-bond donors (Lipinski definition) is 3. The van der Waals surface area contributed by atoms with Crippen LogP contribution in [0.2, 0.25) is 0 Å². The number of rotatable bonds is 10. The Morgan fingerprint density at radius 2 is 1.85 bits per heavy atom. The first-order chi connectivity index (χ1) is 19.0. The number of nitrogens with one attached hydrogen (secondary N) is 2. The molecule has 3 N–H and O–H groups in total. The second-order valence-electron chi connectivity index (χ2n) is 9.43. The van der Waals surface area contributed by atoms with Gasteiger partial charge >= 0.3 is 0 Å². The van der Waals surface area contributed by atoms with Gasteiger partial charge in [-0.2, -0.15) is 5.10 Å². The van der Waals surface area contributed by atoms with Crippen molar-refractivity contribution in [3.8, 4) is 5.69 Å². The number of carbonyl (C=O) groups is 2. The van der Waals surface area contributed by atoms with E-state index >= 15 is 0 Å². The van der Waals surface area contributed by atoms with Crippen LogP contribution in [-0.2, 0) is 0 Å². The lowest BCUT2D eigenvalue weighted by atomic mass is 9.97. The molecule has 1 aliphatic rings. The molecule has 1 saturated carbocycles. The Hall–Kier alpha value is -4.65. The Morgan fingerprint density at radius 3 is 2.56 bits per heavy atom. The highest BCUT2D eigenvalue weighted by molar-refractivity contribution is 6.05. The van der Waals surface area contributed by atoms with E-state index in [1.165, 1.54) is 35.7 Å². The lowest BCUT2D eigenvalue weighted by Gasteiger charge is -2.21. The Bertz CT molecular complexity index is 1560. The largest absolute Gasteiger partial charge is 0.388 e. The summed E-state index contributed by atoms with van der Waals surface area (Å²) in [5.74, 6) is -1.36.